The molecule has 3 N–H and O–H groups in total. The van der Waals surface area contributed by atoms with Gasteiger partial charge in [-0.15, -0.1) is 0 Å². The second-order valence-electron chi connectivity index (χ2n) is 8.59. The zero-order valence-electron chi connectivity index (χ0n) is 19.2. The number of hydrogen-bond acceptors (Lipinski definition) is 4. The summed E-state index contributed by atoms with van der Waals surface area (Å²) in [5.41, 5.74) is 3.64. The van der Waals surface area contributed by atoms with Crippen LogP contribution in [0.4, 0.5) is 5.69 Å². The highest BCUT2D eigenvalue weighted by molar-refractivity contribution is 6.10. The topological polar surface area (TPSA) is 105 Å². The van der Waals surface area contributed by atoms with Crippen molar-refractivity contribution in [2.24, 2.45) is 7.05 Å². The molecule has 5 rings (SSSR count). The van der Waals surface area contributed by atoms with Crippen molar-refractivity contribution in [3.8, 4) is 0 Å². The summed E-state index contributed by atoms with van der Waals surface area (Å²) >= 11 is 0. The molecule has 8 nitrogen and oxygen atoms in total. The molecule has 0 bridgehead atoms. The van der Waals surface area contributed by atoms with Crippen LogP contribution in [0.2, 0.25) is 0 Å². The van der Waals surface area contributed by atoms with E-state index < -0.39 is 23.9 Å². The molecule has 2 atom stereocenters. The van der Waals surface area contributed by atoms with Crippen molar-refractivity contribution in [1.29, 1.82) is 0 Å². The molecule has 0 saturated carbocycles. The fraction of sp³-hybridized carbons (Fsp3) is 0.185. The zero-order chi connectivity index (χ0) is 24.4. The Morgan fingerprint density at radius 1 is 1.00 bits per heavy atom. The van der Waals surface area contributed by atoms with Crippen LogP contribution in [-0.2, 0) is 23.1 Å². The van der Waals surface area contributed by atoms with E-state index in [2.05, 4.69) is 16.0 Å². The van der Waals surface area contributed by atoms with Crippen LogP contribution in [0, 0.1) is 0 Å². The number of hydrogen-bond donors (Lipinski definition) is 3. The number of aryl methyl sites for hydroxylation is 1. The molecule has 0 fully saturated rings. The van der Waals surface area contributed by atoms with Gasteiger partial charge in [-0.05, 0) is 36.2 Å². The van der Waals surface area contributed by atoms with Crippen molar-refractivity contribution in [2.75, 3.05) is 5.32 Å². The number of nitrogens with one attached hydrogen (secondary N) is 3. The minimum atomic E-state index is -0.993. The van der Waals surface area contributed by atoms with Gasteiger partial charge in [0.15, 0.2) is 0 Å². The van der Waals surface area contributed by atoms with Crippen LogP contribution < -0.4 is 16.0 Å². The van der Waals surface area contributed by atoms with Crippen molar-refractivity contribution in [1.82, 2.24) is 20.2 Å². The van der Waals surface area contributed by atoms with E-state index in [1.807, 2.05) is 66.2 Å². The Balaban J connectivity index is 1.38. The van der Waals surface area contributed by atoms with Crippen molar-refractivity contribution in [2.45, 2.75) is 24.9 Å². The molecule has 0 saturated heterocycles. The van der Waals surface area contributed by atoms with Gasteiger partial charge in [-0.1, -0.05) is 54.6 Å². The highest BCUT2D eigenvalue weighted by Crippen LogP contribution is 2.23. The van der Waals surface area contributed by atoms with Crippen molar-refractivity contribution in [3.63, 3.8) is 0 Å². The maximum atomic E-state index is 13.2. The van der Waals surface area contributed by atoms with Crippen LogP contribution in [-0.4, -0.2) is 33.3 Å². The van der Waals surface area contributed by atoms with Crippen LogP contribution in [0.15, 0.2) is 78.9 Å². The quantitative estimate of drug-likeness (QED) is 0.405. The first-order valence-electron chi connectivity index (χ1n) is 11.4. The highest BCUT2D eigenvalue weighted by atomic mass is 16.2. The van der Waals surface area contributed by atoms with E-state index in [-0.39, 0.29) is 12.3 Å². The van der Waals surface area contributed by atoms with Gasteiger partial charge in [0.2, 0.25) is 11.8 Å². The van der Waals surface area contributed by atoms with Crippen LogP contribution in [0.3, 0.4) is 0 Å². The van der Waals surface area contributed by atoms with Gasteiger partial charge in [0.05, 0.1) is 34.7 Å². The molecule has 4 aromatic rings. The number of benzene rings is 3. The normalized spacial score (nSPS) is 16.1. The summed E-state index contributed by atoms with van der Waals surface area (Å²) in [6, 6.07) is 23.0. The third-order valence-electron chi connectivity index (χ3n) is 6.19. The summed E-state index contributed by atoms with van der Waals surface area (Å²) in [7, 11) is 1.92. The molecule has 1 unspecified atom stereocenters. The van der Waals surface area contributed by atoms with Crippen LogP contribution >= 0.6 is 0 Å². The Labute approximate surface area is 202 Å². The van der Waals surface area contributed by atoms with E-state index in [9.17, 15) is 14.4 Å². The molecule has 2 heterocycles. The van der Waals surface area contributed by atoms with Crippen LogP contribution in [0.5, 0.6) is 0 Å². The minimum absolute atomic E-state index is 0.194. The average molecular weight is 468 g/mol. The van der Waals surface area contributed by atoms with Crippen LogP contribution in [0.25, 0.3) is 11.0 Å². The summed E-state index contributed by atoms with van der Waals surface area (Å²) < 4.78 is 1.97. The lowest BCUT2D eigenvalue weighted by Crippen LogP contribution is -2.45. The third-order valence-corrected chi connectivity index (χ3v) is 6.19. The summed E-state index contributed by atoms with van der Waals surface area (Å²) in [4.78, 5) is 43.3. The number of nitrogens with zero attached hydrogens (tertiary/aromatic N) is 2. The molecule has 1 aliphatic heterocycles. The van der Waals surface area contributed by atoms with Crippen molar-refractivity contribution in [3.05, 3.63) is 95.8 Å². The van der Waals surface area contributed by atoms with E-state index in [4.69, 9.17) is 4.98 Å². The minimum Gasteiger partial charge on any atom is -0.346 e. The molecule has 0 radical (unpaired) electrons. The van der Waals surface area contributed by atoms with Crippen molar-refractivity contribution >= 4 is 34.4 Å². The highest BCUT2D eigenvalue weighted by Gasteiger charge is 2.30. The van der Waals surface area contributed by atoms with Gasteiger partial charge in [0.1, 0.15) is 11.9 Å². The first-order valence-corrected chi connectivity index (χ1v) is 11.4. The fourth-order valence-corrected chi connectivity index (χ4v) is 4.43. The van der Waals surface area contributed by atoms with E-state index in [1.165, 1.54) is 0 Å². The van der Waals surface area contributed by atoms with Gasteiger partial charge >= 0.3 is 0 Å². The molecule has 3 aromatic carbocycles. The fourth-order valence-electron chi connectivity index (χ4n) is 4.43. The first kappa shape index (κ1) is 22.3. The molecule has 3 amide bonds. The van der Waals surface area contributed by atoms with Gasteiger partial charge in [0.25, 0.3) is 5.91 Å². The lowest BCUT2D eigenvalue weighted by molar-refractivity contribution is -0.126. The number of imidazole rings is 1. The molecular weight excluding hydrogens is 442 g/mol. The second kappa shape index (κ2) is 9.42. The van der Waals surface area contributed by atoms with Gasteiger partial charge < -0.3 is 20.5 Å². The molecule has 1 aromatic heterocycles. The predicted octanol–water partition coefficient (Wildman–Crippen LogP) is 3.11. The Morgan fingerprint density at radius 3 is 2.51 bits per heavy atom. The molecule has 8 heteroatoms. The number of aromatic nitrogens is 2. The lowest BCUT2D eigenvalue weighted by Gasteiger charge is -2.21. The van der Waals surface area contributed by atoms with Gasteiger partial charge in [0, 0.05) is 7.05 Å². The van der Waals surface area contributed by atoms with Crippen LogP contribution in [0.1, 0.15) is 34.2 Å². The summed E-state index contributed by atoms with van der Waals surface area (Å²) in [5.74, 6) is -0.469. The standard InChI is InChI=1S/C27H25N5O3/c1-32-23-14-8-7-13-20(23)29-25(32)21(15-17-9-3-2-4-10-17)28-24(33)16-22-27(35)30-19-12-6-5-11-18(19)26(34)31-22/h2-14,21-22H,15-16H2,1H3,(H,28,33)(H,30,35)(H,31,34)/t21-,22?/m0/s1. The number of fused-ring (bicyclic) bond motifs is 2. The number of rotatable bonds is 6. The number of carbonyl (C=O) groups is 3. The molecule has 1 aliphatic rings. The van der Waals surface area contributed by atoms with Gasteiger partial charge in [-0.3, -0.25) is 14.4 Å². The summed E-state index contributed by atoms with van der Waals surface area (Å²) in [6.07, 6.45) is 0.333. The first-order chi connectivity index (χ1) is 17.0. The Kier molecular flexibility index (Phi) is 6.01. The van der Waals surface area contributed by atoms with Gasteiger partial charge in [-0.25, -0.2) is 4.98 Å². The number of carbonyl (C=O) groups excluding carboxylic acids is 3. The SMILES string of the molecule is Cn1c([C@H](Cc2ccccc2)NC(=O)CC2NC(=O)c3ccccc3NC2=O)nc2ccccc21. The molecule has 35 heavy (non-hydrogen) atoms. The van der Waals surface area contributed by atoms with E-state index >= 15 is 0 Å². The average Bonchev–Trinajstić information content (AvgIpc) is 3.14. The van der Waals surface area contributed by atoms with E-state index in [0.717, 1.165) is 16.6 Å². The number of anilines is 1. The largest absolute Gasteiger partial charge is 0.346 e. The van der Waals surface area contributed by atoms with E-state index in [1.54, 1.807) is 24.3 Å². The Bertz CT molecular complexity index is 1410. The Hall–Kier alpha value is -4.46. The van der Waals surface area contributed by atoms with Gasteiger partial charge in [-0.2, -0.15) is 0 Å². The third kappa shape index (κ3) is 4.63. The monoisotopic (exact) mass is 467 g/mol. The lowest BCUT2D eigenvalue weighted by atomic mass is 10.0. The molecule has 0 aliphatic carbocycles. The number of amides is 3. The van der Waals surface area contributed by atoms with E-state index in [0.29, 0.717) is 23.5 Å². The zero-order valence-corrected chi connectivity index (χ0v) is 19.2. The molecular formula is C27H25N5O3. The smallest absolute Gasteiger partial charge is 0.254 e. The number of para-hydroxylation sites is 3. The summed E-state index contributed by atoms with van der Waals surface area (Å²) in [5, 5.41) is 8.47. The molecule has 176 valence electrons. The summed E-state index contributed by atoms with van der Waals surface area (Å²) in [6.45, 7) is 0. The maximum absolute atomic E-state index is 13.2. The Morgan fingerprint density at radius 2 is 1.71 bits per heavy atom. The predicted molar refractivity (Wildman–Crippen MR) is 133 cm³/mol. The second-order valence-corrected chi connectivity index (χ2v) is 8.59. The maximum Gasteiger partial charge on any atom is 0.254 e. The molecule has 0 spiro atoms. The van der Waals surface area contributed by atoms with Crippen molar-refractivity contribution < 1.29 is 14.4 Å².